The van der Waals surface area contributed by atoms with Crippen LogP contribution in [0.2, 0.25) is 0 Å². The summed E-state index contributed by atoms with van der Waals surface area (Å²) in [7, 11) is 1.60. The number of H-pyrrole nitrogens is 1. The number of hydrogen-bond donors (Lipinski definition) is 2. The van der Waals surface area contributed by atoms with Crippen molar-refractivity contribution in [1.29, 1.82) is 0 Å². The Bertz CT molecular complexity index is 914. The Balaban J connectivity index is 1.70. The van der Waals surface area contributed by atoms with Crippen molar-refractivity contribution in [2.24, 2.45) is 0 Å². The number of nitrogens with one attached hydrogen (secondary N) is 2. The topological polar surface area (TPSA) is 89.0 Å². The summed E-state index contributed by atoms with van der Waals surface area (Å²) in [4.78, 5) is 25.7. The number of rotatable bonds is 5. The SMILES string of the molecule is COc1ccccc1-n1cc(CNC(=O)c2cccc(=O)[nH]2)cn1. The number of methoxy groups -OCH3 is 1. The molecule has 0 atom stereocenters. The highest BCUT2D eigenvalue weighted by atomic mass is 16.5. The molecule has 0 saturated heterocycles. The van der Waals surface area contributed by atoms with E-state index in [0.717, 1.165) is 11.3 Å². The summed E-state index contributed by atoms with van der Waals surface area (Å²) in [5.41, 5.74) is 1.55. The first kappa shape index (κ1) is 15.5. The molecule has 0 radical (unpaired) electrons. The van der Waals surface area contributed by atoms with Crippen LogP contribution >= 0.6 is 0 Å². The first-order valence-electron chi connectivity index (χ1n) is 7.32. The van der Waals surface area contributed by atoms with E-state index in [2.05, 4.69) is 15.4 Å². The molecule has 0 aliphatic carbocycles. The lowest BCUT2D eigenvalue weighted by atomic mass is 10.3. The molecular weight excluding hydrogens is 308 g/mol. The Morgan fingerprint density at radius 3 is 2.88 bits per heavy atom. The molecule has 0 aliphatic rings. The smallest absolute Gasteiger partial charge is 0.268 e. The standard InChI is InChI=1S/C17H16N4O3/c1-24-15-7-3-2-6-14(15)21-11-12(10-19-21)9-18-17(23)13-5-4-8-16(22)20-13/h2-8,10-11H,9H2,1H3,(H,18,23)(H,20,22). The molecule has 1 amide bonds. The number of para-hydroxylation sites is 2. The first-order valence-corrected chi connectivity index (χ1v) is 7.32. The molecule has 0 bridgehead atoms. The van der Waals surface area contributed by atoms with Crippen molar-refractivity contribution in [2.45, 2.75) is 6.54 Å². The molecule has 3 aromatic rings. The van der Waals surface area contributed by atoms with Crippen LogP contribution in [0.25, 0.3) is 5.69 Å². The van der Waals surface area contributed by atoms with Gasteiger partial charge in [0.2, 0.25) is 5.56 Å². The number of ether oxygens (including phenoxy) is 1. The summed E-state index contributed by atoms with van der Waals surface area (Å²) in [6.45, 7) is 0.297. The molecule has 24 heavy (non-hydrogen) atoms. The molecule has 3 rings (SSSR count). The van der Waals surface area contributed by atoms with Crippen LogP contribution in [0, 0.1) is 0 Å². The molecule has 0 spiro atoms. The normalized spacial score (nSPS) is 10.4. The third-order valence-corrected chi connectivity index (χ3v) is 3.43. The molecule has 2 heterocycles. The molecule has 0 fully saturated rings. The van der Waals surface area contributed by atoms with E-state index in [1.165, 1.54) is 12.1 Å². The molecule has 0 aliphatic heterocycles. The number of aromatic nitrogens is 3. The Hall–Kier alpha value is -3.35. The van der Waals surface area contributed by atoms with Crippen LogP contribution in [0.15, 0.2) is 59.7 Å². The van der Waals surface area contributed by atoms with E-state index in [0.29, 0.717) is 12.3 Å². The van der Waals surface area contributed by atoms with Gasteiger partial charge in [-0.05, 0) is 18.2 Å². The highest BCUT2D eigenvalue weighted by molar-refractivity contribution is 5.92. The van der Waals surface area contributed by atoms with Gasteiger partial charge in [-0.25, -0.2) is 4.68 Å². The van der Waals surface area contributed by atoms with Crippen LogP contribution in [-0.2, 0) is 6.54 Å². The molecule has 0 saturated carbocycles. The van der Waals surface area contributed by atoms with E-state index in [4.69, 9.17) is 4.74 Å². The third-order valence-electron chi connectivity index (χ3n) is 3.43. The fraction of sp³-hybridized carbons (Fsp3) is 0.118. The first-order chi connectivity index (χ1) is 11.7. The van der Waals surface area contributed by atoms with Gasteiger partial charge in [0.15, 0.2) is 0 Å². The number of carbonyl (C=O) groups is 1. The lowest BCUT2D eigenvalue weighted by molar-refractivity contribution is 0.0945. The number of benzene rings is 1. The quantitative estimate of drug-likeness (QED) is 0.744. The third kappa shape index (κ3) is 3.35. The maximum atomic E-state index is 12.0. The molecule has 7 heteroatoms. The Morgan fingerprint density at radius 2 is 2.08 bits per heavy atom. The van der Waals surface area contributed by atoms with E-state index in [9.17, 15) is 9.59 Å². The molecule has 1 aromatic carbocycles. The lowest BCUT2D eigenvalue weighted by Crippen LogP contribution is -2.25. The van der Waals surface area contributed by atoms with Gasteiger partial charge in [0, 0.05) is 24.4 Å². The van der Waals surface area contributed by atoms with Crippen molar-refractivity contribution >= 4 is 5.91 Å². The Labute approximate surface area is 137 Å². The average Bonchev–Trinajstić information content (AvgIpc) is 3.08. The monoisotopic (exact) mass is 324 g/mol. The molecule has 2 N–H and O–H groups in total. The maximum absolute atomic E-state index is 12.0. The van der Waals surface area contributed by atoms with Crippen molar-refractivity contribution in [3.05, 3.63) is 76.5 Å². The highest BCUT2D eigenvalue weighted by Crippen LogP contribution is 2.21. The minimum absolute atomic E-state index is 0.222. The summed E-state index contributed by atoms with van der Waals surface area (Å²) in [5, 5.41) is 7.03. The summed E-state index contributed by atoms with van der Waals surface area (Å²) >= 11 is 0. The van der Waals surface area contributed by atoms with Crippen LogP contribution < -0.4 is 15.6 Å². The average molecular weight is 324 g/mol. The number of aromatic amines is 1. The van der Waals surface area contributed by atoms with Gasteiger partial charge in [0.05, 0.1) is 13.3 Å². The molecular formula is C17H16N4O3. The fourth-order valence-electron chi connectivity index (χ4n) is 2.26. The van der Waals surface area contributed by atoms with Gasteiger partial charge in [0.1, 0.15) is 17.1 Å². The van der Waals surface area contributed by atoms with Gasteiger partial charge in [-0.1, -0.05) is 18.2 Å². The number of carbonyl (C=O) groups excluding carboxylic acids is 1. The number of amides is 1. The van der Waals surface area contributed by atoms with Crippen molar-refractivity contribution in [2.75, 3.05) is 7.11 Å². The van der Waals surface area contributed by atoms with Crippen molar-refractivity contribution in [3.8, 4) is 11.4 Å². The predicted molar refractivity (Wildman–Crippen MR) is 88.3 cm³/mol. The van der Waals surface area contributed by atoms with Gasteiger partial charge in [-0.15, -0.1) is 0 Å². The summed E-state index contributed by atoms with van der Waals surface area (Å²) in [6, 6.07) is 12.0. The maximum Gasteiger partial charge on any atom is 0.268 e. The summed E-state index contributed by atoms with van der Waals surface area (Å²) in [6.07, 6.45) is 3.48. The van der Waals surface area contributed by atoms with E-state index in [1.54, 1.807) is 24.1 Å². The second-order valence-corrected chi connectivity index (χ2v) is 5.08. The molecule has 122 valence electrons. The zero-order chi connectivity index (χ0) is 16.9. The van der Waals surface area contributed by atoms with Crippen molar-refractivity contribution < 1.29 is 9.53 Å². The van der Waals surface area contributed by atoms with E-state index < -0.39 is 0 Å². The van der Waals surface area contributed by atoms with Gasteiger partial charge in [-0.2, -0.15) is 5.10 Å². The lowest BCUT2D eigenvalue weighted by Gasteiger charge is -2.07. The van der Waals surface area contributed by atoms with Crippen molar-refractivity contribution in [3.63, 3.8) is 0 Å². The van der Waals surface area contributed by atoms with Crippen LogP contribution in [-0.4, -0.2) is 27.8 Å². The van der Waals surface area contributed by atoms with Crippen LogP contribution in [0.4, 0.5) is 0 Å². The minimum Gasteiger partial charge on any atom is -0.494 e. The Kier molecular flexibility index (Phi) is 4.42. The van der Waals surface area contributed by atoms with Crippen LogP contribution in [0.1, 0.15) is 16.1 Å². The molecule has 7 nitrogen and oxygen atoms in total. The van der Waals surface area contributed by atoms with Crippen LogP contribution in [0.3, 0.4) is 0 Å². The van der Waals surface area contributed by atoms with Gasteiger partial charge in [-0.3, -0.25) is 9.59 Å². The van der Waals surface area contributed by atoms with E-state index in [1.807, 2.05) is 30.5 Å². The summed E-state index contributed by atoms with van der Waals surface area (Å²) in [5.74, 6) is 0.357. The van der Waals surface area contributed by atoms with E-state index >= 15 is 0 Å². The zero-order valence-corrected chi connectivity index (χ0v) is 13.0. The highest BCUT2D eigenvalue weighted by Gasteiger charge is 2.09. The second-order valence-electron chi connectivity index (χ2n) is 5.08. The number of nitrogens with zero attached hydrogens (tertiary/aromatic N) is 2. The van der Waals surface area contributed by atoms with Crippen molar-refractivity contribution in [1.82, 2.24) is 20.1 Å². The summed E-state index contributed by atoms with van der Waals surface area (Å²) < 4.78 is 7.00. The van der Waals surface area contributed by atoms with E-state index in [-0.39, 0.29) is 17.2 Å². The zero-order valence-electron chi connectivity index (χ0n) is 13.0. The van der Waals surface area contributed by atoms with Gasteiger partial charge in [0.25, 0.3) is 5.91 Å². The second kappa shape index (κ2) is 6.82. The molecule has 0 unspecified atom stereocenters. The number of pyridine rings is 1. The largest absolute Gasteiger partial charge is 0.494 e. The Morgan fingerprint density at radius 1 is 1.25 bits per heavy atom. The molecule has 2 aromatic heterocycles. The van der Waals surface area contributed by atoms with Gasteiger partial charge >= 0.3 is 0 Å². The van der Waals surface area contributed by atoms with Gasteiger partial charge < -0.3 is 15.0 Å². The predicted octanol–water partition coefficient (Wildman–Crippen LogP) is 1.50. The fourth-order valence-corrected chi connectivity index (χ4v) is 2.26. The van der Waals surface area contributed by atoms with Crippen LogP contribution in [0.5, 0.6) is 5.75 Å². The minimum atomic E-state index is -0.349. The number of hydrogen-bond acceptors (Lipinski definition) is 4.